The first-order chi connectivity index (χ1) is 6.67. The van der Waals surface area contributed by atoms with Crippen molar-refractivity contribution in [3.8, 4) is 0 Å². The lowest BCUT2D eigenvalue weighted by Gasteiger charge is -2.15. The molecular formula is C10H15IN2O. The number of rotatable bonds is 4. The van der Waals surface area contributed by atoms with Crippen LogP contribution in [0.25, 0.3) is 0 Å². The number of aliphatic hydroxyl groups is 1. The molecule has 1 aromatic rings. The molecule has 2 N–H and O–H groups in total. The molecule has 0 aliphatic heterocycles. The van der Waals surface area contributed by atoms with Gasteiger partial charge in [0, 0.05) is 3.57 Å². The second kappa shape index (κ2) is 5.50. The molecule has 0 amide bonds. The molecular weight excluding hydrogens is 291 g/mol. The fourth-order valence-corrected chi connectivity index (χ4v) is 1.41. The lowest BCUT2D eigenvalue weighted by atomic mass is 10.2. The van der Waals surface area contributed by atoms with Crippen molar-refractivity contribution in [2.75, 3.05) is 11.9 Å². The number of pyridine rings is 1. The third kappa shape index (κ3) is 3.09. The van der Waals surface area contributed by atoms with Gasteiger partial charge in [0.15, 0.2) is 0 Å². The van der Waals surface area contributed by atoms with E-state index < -0.39 is 0 Å². The molecule has 3 nitrogen and oxygen atoms in total. The number of nitrogens with one attached hydrogen (secondary N) is 1. The van der Waals surface area contributed by atoms with Crippen LogP contribution in [-0.2, 0) is 0 Å². The van der Waals surface area contributed by atoms with Gasteiger partial charge in [-0.1, -0.05) is 6.92 Å². The Morgan fingerprint density at radius 1 is 1.57 bits per heavy atom. The Labute approximate surface area is 98.1 Å². The van der Waals surface area contributed by atoms with Gasteiger partial charge in [-0.2, -0.15) is 0 Å². The smallest absolute Gasteiger partial charge is 0.126 e. The highest BCUT2D eigenvalue weighted by Gasteiger charge is 2.05. The topological polar surface area (TPSA) is 45.1 Å². The van der Waals surface area contributed by atoms with E-state index in [2.05, 4.69) is 32.9 Å². The molecule has 0 radical (unpaired) electrons. The minimum absolute atomic E-state index is 0.0990. The number of aryl methyl sites for hydroxylation is 1. The third-order valence-electron chi connectivity index (χ3n) is 2.09. The Kier molecular flexibility index (Phi) is 4.60. The average molecular weight is 306 g/mol. The quantitative estimate of drug-likeness (QED) is 0.838. The van der Waals surface area contributed by atoms with Gasteiger partial charge in [-0.3, -0.25) is 0 Å². The zero-order valence-electron chi connectivity index (χ0n) is 8.42. The first-order valence-corrected chi connectivity index (χ1v) is 5.75. The van der Waals surface area contributed by atoms with Crippen LogP contribution in [-0.4, -0.2) is 22.7 Å². The largest absolute Gasteiger partial charge is 0.394 e. The van der Waals surface area contributed by atoms with Gasteiger partial charge >= 0.3 is 0 Å². The molecule has 4 heteroatoms. The second-order valence-corrected chi connectivity index (χ2v) is 4.36. The predicted molar refractivity (Wildman–Crippen MR) is 66.5 cm³/mol. The summed E-state index contributed by atoms with van der Waals surface area (Å²) in [6.45, 7) is 4.16. The monoisotopic (exact) mass is 306 g/mol. The molecule has 0 aromatic carbocycles. The summed E-state index contributed by atoms with van der Waals surface area (Å²) < 4.78 is 1.16. The molecule has 0 bridgehead atoms. The van der Waals surface area contributed by atoms with Crippen LogP contribution in [0.1, 0.15) is 19.0 Å². The van der Waals surface area contributed by atoms with Crippen molar-refractivity contribution in [2.45, 2.75) is 26.3 Å². The molecule has 0 aliphatic carbocycles. The van der Waals surface area contributed by atoms with E-state index in [1.807, 2.05) is 26.0 Å². The summed E-state index contributed by atoms with van der Waals surface area (Å²) in [5, 5.41) is 12.2. The van der Waals surface area contributed by atoms with E-state index in [0.717, 1.165) is 21.5 Å². The minimum atomic E-state index is 0.0990. The second-order valence-electron chi connectivity index (χ2n) is 3.20. The number of aromatic nitrogens is 1. The Morgan fingerprint density at radius 2 is 2.29 bits per heavy atom. The Bertz CT molecular complexity index is 300. The van der Waals surface area contributed by atoms with Gasteiger partial charge in [-0.15, -0.1) is 0 Å². The van der Waals surface area contributed by atoms with E-state index in [-0.39, 0.29) is 12.6 Å². The van der Waals surface area contributed by atoms with Crippen LogP contribution >= 0.6 is 22.6 Å². The molecule has 1 heterocycles. The molecule has 1 aromatic heterocycles. The van der Waals surface area contributed by atoms with E-state index in [1.54, 1.807) is 0 Å². The summed E-state index contributed by atoms with van der Waals surface area (Å²) in [6.07, 6.45) is 0.892. The van der Waals surface area contributed by atoms with Crippen molar-refractivity contribution in [3.63, 3.8) is 0 Å². The van der Waals surface area contributed by atoms with Crippen molar-refractivity contribution >= 4 is 28.4 Å². The number of anilines is 1. The van der Waals surface area contributed by atoms with E-state index in [0.29, 0.717) is 0 Å². The van der Waals surface area contributed by atoms with Crippen LogP contribution in [0.4, 0.5) is 5.82 Å². The zero-order chi connectivity index (χ0) is 10.6. The normalized spacial score (nSPS) is 12.6. The van der Waals surface area contributed by atoms with Crippen LogP contribution in [0.3, 0.4) is 0 Å². The summed E-state index contributed by atoms with van der Waals surface area (Å²) in [6, 6.07) is 4.06. The maximum Gasteiger partial charge on any atom is 0.126 e. The van der Waals surface area contributed by atoms with Crippen molar-refractivity contribution in [1.82, 2.24) is 4.98 Å². The Hall–Kier alpha value is -0.360. The Morgan fingerprint density at radius 3 is 2.79 bits per heavy atom. The number of hydrogen-bond acceptors (Lipinski definition) is 3. The van der Waals surface area contributed by atoms with Crippen molar-refractivity contribution < 1.29 is 5.11 Å². The summed E-state index contributed by atoms with van der Waals surface area (Å²) in [4.78, 5) is 4.38. The Balaban J connectivity index is 2.72. The van der Waals surface area contributed by atoms with Gasteiger partial charge in [0.25, 0.3) is 0 Å². The summed E-state index contributed by atoms with van der Waals surface area (Å²) in [5.41, 5.74) is 1.02. The molecule has 0 aliphatic rings. The van der Waals surface area contributed by atoms with Crippen LogP contribution in [0.15, 0.2) is 12.1 Å². The summed E-state index contributed by atoms with van der Waals surface area (Å²) in [7, 11) is 0. The van der Waals surface area contributed by atoms with Crippen LogP contribution in [0.5, 0.6) is 0 Å². The predicted octanol–water partition coefficient (Wildman–Crippen LogP) is 2.18. The summed E-state index contributed by atoms with van der Waals surface area (Å²) in [5.74, 6) is 0.837. The van der Waals surface area contributed by atoms with Crippen LogP contribution < -0.4 is 5.32 Å². The molecule has 0 spiro atoms. The maximum absolute atomic E-state index is 9.02. The molecule has 0 unspecified atom stereocenters. The van der Waals surface area contributed by atoms with E-state index >= 15 is 0 Å². The van der Waals surface area contributed by atoms with Gasteiger partial charge in [-0.05, 0) is 48.1 Å². The lowest BCUT2D eigenvalue weighted by molar-refractivity contribution is 0.271. The van der Waals surface area contributed by atoms with Crippen molar-refractivity contribution in [3.05, 3.63) is 21.4 Å². The van der Waals surface area contributed by atoms with Crippen molar-refractivity contribution in [2.24, 2.45) is 0 Å². The first-order valence-electron chi connectivity index (χ1n) is 4.68. The number of nitrogens with zero attached hydrogens (tertiary/aromatic N) is 1. The molecule has 1 rings (SSSR count). The van der Waals surface area contributed by atoms with Gasteiger partial charge < -0.3 is 10.4 Å². The SMILES string of the molecule is CC[C@H](CO)Nc1ccc(I)c(C)n1. The molecule has 0 saturated heterocycles. The number of hydrogen-bond donors (Lipinski definition) is 2. The fourth-order valence-electron chi connectivity index (χ4n) is 1.11. The molecule has 1 atom stereocenters. The maximum atomic E-state index is 9.02. The van der Waals surface area contributed by atoms with Gasteiger partial charge in [0.05, 0.1) is 18.3 Å². The molecule has 0 fully saturated rings. The first kappa shape index (κ1) is 11.7. The highest BCUT2D eigenvalue weighted by Crippen LogP contribution is 2.13. The highest BCUT2D eigenvalue weighted by molar-refractivity contribution is 14.1. The molecule has 78 valence electrons. The molecule has 14 heavy (non-hydrogen) atoms. The van der Waals surface area contributed by atoms with Crippen LogP contribution in [0, 0.1) is 10.5 Å². The van der Waals surface area contributed by atoms with E-state index in [9.17, 15) is 0 Å². The minimum Gasteiger partial charge on any atom is -0.394 e. The third-order valence-corrected chi connectivity index (χ3v) is 3.23. The lowest BCUT2D eigenvalue weighted by Crippen LogP contribution is -2.23. The fraction of sp³-hybridized carbons (Fsp3) is 0.500. The van der Waals surface area contributed by atoms with E-state index in [4.69, 9.17) is 5.11 Å². The zero-order valence-corrected chi connectivity index (χ0v) is 10.6. The summed E-state index contributed by atoms with van der Waals surface area (Å²) >= 11 is 2.25. The number of aliphatic hydroxyl groups excluding tert-OH is 1. The average Bonchev–Trinajstić information content (AvgIpc) is 2.19. The number of halogens is 1. The van der Waals surface area contributed by atoms with Crippen molar-refractivity contribution in [1.29, 1.82) is 0 Å². The highest BCUT2D eigenvalue weighted by atomic mass is 127. The van der Waals surface area contributed by atoms with E-state index in [1.165, 1.54) is 0 Å². The standard InChI is InChI=1S/C10H15IN2O/c1-3-8(6-14)13-10-5-4-9(11)7(2)12-10/h4-5,8,14H,3,6H2,1-2H3,(H,12,13)/t8-/m1/s1. The van der Waals surface area contributed by atoms with Gasteiger partial charge in [0.2, 0.25) is 0 Å². The van der Waals surface area contributed by atoms with Gasteiger partial charge in [0.1, 0.15) is 5.82 Å². The van der Waals surface area contributed by atoms with Gasteiger partial charge in [-0.25, -0.2) is 4.98 Å². The van der Waals surface area contributed by atoms with Crippen LogP contribution in [0.2, 0.25) is 0 Å². The molecule has 0 saturated carbocycles.